The van der Waals surface area contributed by atoms with Gasteiger partial charge in [-0.05, 0) is 18.6 Å². The number of carbonyl (C=O) groups is 1. The van der Waals surface area contributed by atoms with Crippen LogP contribution in [0.1, 0.15) is 12.1 Å². The summed E-state index contributed by atoms with van der Waals surface area (Å²) < 4.78 is 19.0. The van der Waals surface area contributed by atoms with Crippen molar-refractivity contribution in [3.05, 3.63) is 29.8 Å². The minimum absolute atomic E-state index is 0.00164. The maximum Gasteiger partial charge on any atom is 0.246 e. The van der Waals surface area contributed by atoms with E-state index >= 15 is 0 Å². The summed E-state index contributed by atoms with van der Waals surface area (Å²) in [5, 5.41) is 2.93. The van der Waals surface area contributed by atoms with Gasteiger partial charge in [0.05, 0.1) is 17.8 Å². The molecule has 1 aromatic heterocycles. The van der Waals surface area contributed by atoms with Gasteiger partial charge in [0.2, 0.25) is 5.91 Å². The molecule has 2 aliphatic rings. The van der Waals surface area contributed by atoms with Gasteiger partial charge in [-0.1, -0.05) is 0 Å². The Morgan fingerprint density at radius 1 is 1.58 bits per heavy atom. The van der Waals surface area contributed by atoms with E-state index in [1.807, 2.05) is 0 Å². The number of hydrogen-bond acceptors (Lipinski definition) is 4. The Morgan fingerprint density at radius 3 is 3.32 bits per heavy atom. The number of piperidine rings is 1. The van der Waals surface area contributed by atoms with E-state index in [1.165, 1.54) is 6.07 Å². The second-order valence-corrected chi connectivity index (χ2v) is 4.98. The lowest BCUT2D eigenvalue weighted by molar-refractivity contribution is -0.140. The number of carbonyl (C=O) groups excluding carboxylic acids is 1. The van der Waals surface area contributed by atoms with Crippen LogP contribution in [-0.2, 0) is 16.1 Å². The second kappa shape index (κ2) is 5.22. The Morgan fingerprint density at radius 2 is 2.47 bits per heavy atom. The fourth-order valence-electron chi connectivity index (χ4n) is 2.66. The molecule has 5 nitrogen and oxygen atoms in total. The van der Waals surface area contributed by atoms with Gasteiger partial charge < -0.3 is 10.1 Å². The van der Waals surface area contributed by atoms with Crippen LogP contribution in [0.5, 0.6) is 0 Å². The lowest BCUT2D eigenvalue weighted by Crippen LogP contribution is -2.60. The van der Waals surface area contributed by atoms with Crippen LogP contribution in [-0.4, -0.2) is 47.6 Å². The van der Waals surface area contributed by atoms with E-state index in [4.69, 9.17) is 4.74 Å². The molecule has 1 N–H and O–H groups in total. The quantitative estimate of drug-likeness (QED) is 0.836. The molecule has 3 rings (SSSR count). The Kier molecular flexibility index (Phi) is 3.44. The van der Waals surface area contributed by atoms with Crippen LogP contribution in [0, 0.1) is 5.82 Å². The summed E-state index contributed by atoms with van der Waals surface area (Å²) in [6.07, 6.45) is 2.53. The first kappa shape index (κ1) is 12.5. The van der Waals surface area contributed by atoms with Crippen molar-refractivity contribution in [1.82, 2.24) is 15.2 Å². The van der Waals surface area contributed by atoms with Gasteiger partial charge in [0.25, 0.3) is 0 Å². The normalized spacial score (nSPS) is 27.7. The van der Waals surface area contributed by atoms with E-state index in [-0.39, 0.29) is 30.5 Å². The summed E-state index contributed by atoms with van der Waals surface area (Å²) in [7, 11) is 0. The second-order valence-electron chi connectivity index (χ2n) is 4.98. The lowest BCUT2D eigenvalue weighted by Gasteiger charge is -2.40. The number of amides is 1. The molecule has 1 amide bonds. The highest BCUT2D eigenvalue weighted by Gasteiger charge is 2.34. The number of ether oxygens (including phenoxy) is 1. The highest BCUT2D eigenvalue weighted by molar-refractivity contribution is 5.78. The van der Waals surface area contributed by atoms with Crippen molar-refractivity contribution in [1.29, 1.82) is 0 Å². The lowest BCUT2D eigenvalue weighted by atomic mass is 10.0. The fraction of sp³-hybridized carbons (Fsp3) is 0.538. The summed E-state index contributed by atoms with van der Waals surface area (Å²) in [5.41, 5.74) is 0.448. The van der Waals surface area contributed by atoms with Crippen molar-refractivity contribution in [3.63, 3.8) is 0 Å². The van der Waals surface area contributed by atoms with Crippen LogP contribution >= 0.6 is 0 Å². The van der Waals surface area contributed by atoms with Gasteiger partial charge in [-0.25, -0.2) is 4.39 Å². The standard InChI is InChI=1S/C13H16FN3O2/c14-9-2-1-4-15-10(9)6-17-5-3-12-11(7-17)16-13(18)8-19-12/h1-2,4,11-12H,3,5-8H2,(H,16,18)/t11-,12+/m0/s1. The van der Waals surface area contributed by atoms with Crippen molar-refractivity contribution in [2.75, 3.05) is 19.7 Å². The molecule has 2 atom stereocenters. The van der Waals surface area contributed by atoms with Crippen molar-refractivity contribution in [2.45, 2.75) is 25.1 Å². The maximum atomic E-state index is 13.6. The number of halogens is 1. The molecule has 6 heteroatoms. The molecule has 2 fully saturated rings. The number of morpholine rings is 1. The largest absolute Gasteiger partial charge is 0.366 e. The predicted molar refractivity (Wildman–Crippen MR) is 65.8 cm³/mol. The summed E-state index contributed by atoms with van der Waals surface area (Å²) in [6.45, 7) is 2.11. The zero-order valence-corrected chi connectivity index (χ0v) is 10.5. The Bertz CT molecular complexity index is 483. The average molecular weight is 265 g/mol. The number of fused-ring (bicyclic) bond motifs is 1. The monoisotopic (exact) mass is 265 g/mol. The molecule has 2 aliphatic heterocycles. The third-order valence-electron chi connectivity index (χ3n) is 3.62. The zero-order valence-electron chi connectivity index (χ0n) is 10.5. The molecule has 19 heavy (non-hydrogen) atoms. The van der Waals surface area contributed by atoms with Crippen LogP contribution in [0.25, 0.3) is 0 Å². The maximum absolute atomic E-state index is 13.6. The molecule has 0 saturated carbocycles. The zero-order chi connectivity index (χ0) is 13.2. The smallest absolute Gasteiger partial charge is 0.246 e. The van der Waals surface area contributed by atoms with Crippen molar-refractivity contribution < 1.29 is 13.9 Å². The molecule has 1 aromatic rings. The first-order chi connectivity index (χ1) is 9.22. The van der Waals surface area contributed by atoms with Crippen LogP contribution in [0.4, 0.5) is 4.39 Å². The first-order valence-corrected chi connectivity index (χ1v) is 6.45. The summed E-state index contributed by atoms with van der Waals surface area (Å²) >= 11 is 0. The molecule has 0 bridgehead atoms. The Balaban J connectivity index is 1.64. The molecular weight excluding hydrogens is 249 g/mol. The molecule has 102 valence electrons. The van der Waals surface area contributed by atoms with Gasteiger partial charge in [-0.2, -0.15) is 0 Å². The summed E-state index contributed by atoms with van der Waals surface area (Å²) in [4.78, 5) is 17.5. The van der Waals surface area contributed by atoms with Crippen molar-refractivity contribution in [3.8, 4) is 0 Å². The van der Waals surface area contributed by atoms with E-state index in [0.717, 1.165) is 13.0 Å². The third-order valence-corrected chi connectivity index (χ3v) is 3.62. The number of nitrogens with zero attached hydrogens (tertiary/aromatic N) is 2. The van der Waals surface area contributed by atoms with Gasteiger partial charge in [0.15, 0.2) is 0 Å². The number of aromatic nitrogens is 1. The fourth-order valence-corrected chi connectivity index (χ4v) is 2.66. The van der Waals surface area contributed by atoms with E-state index < -0.39 is 0 Å². The van der Waals surface area contributed by atoms with E-state index in [0.29, 0.717) is 18.8 Å². The van der Waals surface area contributed by atoms with Crippen LogP contribution < -0.4 is 5.32 Å². The van der Waals surface area contributed by atoms with Crippen molar-refractivity contribution in [2.24, 2.45) is 0 Å². The minimum atomic E-state index is -0.284. The number of rotatable bonds is 2. The topological polar surface area (TPSA) is 54.5 Å². The van der Waals surface area contributed by atoms with E-state index in [2.05, 4.69) is 15.2 Å². The molecule has 3 heterocycles. The van der Waals surface area contributed by atoms with E-state index in [9.17, 15) is 9.18 Å². The van der Waals surface area contributed by atoms with E-state index in [1.54, 1.807) is 12.3 Å². The highest BCUT2D eigenvalue weighted by atomic mass is 19.1. The van der Waals surface area contributed by atoms with Crippen molar-refractivity contribution >= 4 is 5.91 Å². The van der Waals surface area contributed by atoms with Crippen LogP contribution in [0.15, 0.2) is 18.3 Å². The molecule has 0 aliphatic carbocycles. The number of pyridine rings is 1. The van der Waals surface area contributed by atoms with Gasteiger partial charge in [-0.3, -0.25) is 14.7 Å². The van der Waals surface area contributed by atoms with Crippen LogP contribution in [0.2, 0.25) is 0 Å². The minimum Gasteiger partial charge on any atom is -0.366 e. The summed E-state index contributed by atoms with van der Waals surface area (Å²) in [5.74, 6) is -0.360. The SMILES string of the molecule is O=C1CO[C@@H]2CCN(Cc3ncccc3F)C[C@@H]2N1. The van der Waals surface area contributed by atoms with Gasteiger partial charge in [0.1, 0.15) is 12.4 Å². The number of likely N-dealkylation sites (tertiary alicyclic amines) is 1. The first-order valence-electron chi connectivity index (χ1n) is 6.45. The Hall–Kier alpha value is -1.53. The number of nitrogens with one attached hydrogen (secondary N) is 1. The highest BCUT2D eigenvalue weighted by Crippen LogP contribution is 2.19. The molecule has 2 saturated heterocycles. The van der Waals surface area contributed by atoms with Gasteiger partial charge in [0, 0.05) is 25.8 Å². The van der Waals surface area contributed by atoms with Gasteiger partial charge >= 0.3 is 0 Å². The predicted octanol–water partition coefficient (Wildman–Crippen LogP) is 0.310. The Labute approximate surface area is 110 Å². The number of hydrogen-bond donors (Lipinski definition) is 1. The average Bonchev–Trinajstić information content (AvgIpc) is 2.41. The molecule has 0 radical (unpaired) electrons. The molecular formula is C13H16FN3O2. The molecule has 0 unspecified atom stereocenters. The third kappa shape index (κ3) is 2.74. The van der Waals surface area contributed by atoms with Crippen LogP contribution in [0.3, 0.4) is 0 Å². The molecule has 0 aromatic carbocycles. The van der Waals surface area contributed by atoms with Gasteiger partial charge in [-0.15, -0.1) is 0 Å². The summed E-state index contributed by atoms with van der Waals surface area (Å²) in [6, 6.07) is 3.00. The molecule has 0 spiro atoms.